The average Bonchev–Trinajstić information content (AvgIpc) is 3.59. The van der Waals surface area contributed by atoms with E-state index in [2.05, 4.69) is 44.9 Å². The zero-order valence-electron chi connectivity index (χ0n) is 21.8. The van der Waals surface area contributed by atoms with Crippen molar-refractivity contribution in [3.8, 4) is 0 Å². The lowest BCUT2D eigenvalue weighted by Crippen LogP contribution is -2.39. The Morgan fingerprint density at radius 1 is 1.08 bits per heavy atom. The van der Waals surface area contributed by atoms with E-state index in [0.717, 1.165) is 61.1 Å². The van der Waals surface area contributed by atoms with Crippen LogP contribution in [0.25, 0.3) is 11.0 Å². The van der Waals surface area contributed by atoms with E-state index in [1.165, 1.54) is 5.56 Å². The third kappa shape index (κ3) is 6.13. The molecule has 3 aromatic rings. The van der Waals surface area contributed by atoms with Gasteiger partial charge in [-0.15, -0.1) is 0 Å². The van der Waals surface area contributed by atoms with Gasteiger partial charge < -0.3 is 14.6 Å². The molecule has 3 aromatic heterocycles. The molecule has 1 saturated carbocycles. The van der Waals surface area contributed by atoms with Crippen LogP contribution in [0.2, 0.25) is 0 Å². The number of hydrogen-bond acceptors (Lipinski definition) is 7. The number of aromatic amines is 1. The Labute approximate surface area is 219 Å². The largest absolute Gasteiger partial charge is 0.375 e. The van der Waals surface area contributed by atoms with E-state index < -0.39 is 10.0 Å². The number of anilines is 1. The number of hydrogen-bond donors (Lipinski definition) is 1. The molecule has 37 heavy (non-hydrogen) atoms. The van der Waals surface area contributed by atoms with Crippen LogP contribution in [-0.4, -0.2) is 71.2 Å². The van der Waals surface area contributed by atoms with Crippen molar-refractivity contribution >= 4 is 26.9 Å². The minimum atomic E-state index is -3.26. The van der Waals surface area contributed by atoms with Gasteiger partial charge in [-0.05, 0) is 68.1 Å². The molecule has 1 aliphatic carbocycles. The molecule has 0 spiro atoms. The normalized spacial score (nSPS) is 23.0. The van der Waals surface area contributed by atoms with Crippen molar-refractivity contribution in [3.05, 3.63) is 48.2 Å². The summed E-state index contributed by atoms with van der Waals surface area (Å²) in [4.78, 5) is 18.6. The van der Waals surface area contributed by atoms with Gasteiger partial charge in [0.15, 0.2) is 0 Å². The van der Waals surface area contributed by atoms with Crippen LogP contribution < -0.4 is 4.90 Å². The summed E-state index contributed by atoms with van der Waals surface area (Å²) >= 11 is 0. The zero-order chi connectivity index (χ0) is 25.8. The molecule has 2 aliphatic rings. The molecule has 1 atom stereocenters. The number of nitrogens with zero attached hydrogens (tertiary/aromatic N) is 5. The Balaban J connectivity index is 1.07. The number of ether oxygens (including phenoxy) is 1. The first-order valence-corrected chi connectivity index (χ1v) is 15.0. The second kappa shape index (κ2) is 11.4. The summed E-state index contributed by atoms with van der Waals surface area (Å²) in [6.07, 6.45) is 11.0. The predicted molar refractivity (Wildman–Crippen MR) is 145 cm³/mol. The molecule has 0 aromatic carbocycles. The molecule has 1 N–H and O–H groups in total. The monoisotopic (exact) mass is 526 g/mol. The zero-order valence-corrected chi connectivity index (χ0v) is 22.7. The second-order valence-corrected chi connectivity index (χ2v) is 12.6. The molecule has 0 radical (unpaired) electrons. The maximum Gasteiger partial charge on any atom is 0.214 e. The van der Waals surface area contributed by atoms with Crippen LogP contribution in [0.1, 0.15) is 50.3 Å². The molecule has 2 fully saturated rings. The van der Waals surface area contributed by atoms with Crippen molar-refractivity contribution in [2.24, 2.45) is 11.8 Å². The Kier molecular flexibility index (Phi) is 8.07. The van der Waals surface area contributed by atoms with Crippen LogP contribution >= 0.6 is 0 Å². The predicted octanol–water partition coefficient (Wildman–Crippen LogP) is 3.78. The third-order valence-corrected chi connectivity index (χ3v) is 10.0. The van der Waals surface area contributed by atoms with E-state index in [1.807, 2.05) is 24.5 Å². The third-order valence-electron chi connectivity index (χ3n) is 8.02. The SMILES string of the molecule is CCc1ccc(COCC2CCN(S(=O)(=O)CC3CCC(N(C)c4ncnc5[nH]ccc45)CC3)C2)nc1. The Hall–Kier alpha value is -2.56. The molecule has 1 aliphatic heterocycles. The number of pyridine rings is 1. The van der Waals surface area contributed by atoms with Gasteiger partial charge in [-0.2, -0.15) is 0 Å². The van der Waals surface area contributed by atoms with Gasteiger partial charge in [-0.3, -0.25) is 4.98 Å². The summed E-state index contributed by atoms with van der Waals surface area (Å²) in [7, 11) is -1.18. The minimum Gasteiger partial charge on any atom is -0.375 e. The summed E-state index contributed by atoms with van der Waals surface area (Å²) in [6.45, 7) is 4.30. The summed E-state index contributed by atoms with van der Waals surface area (Å²) in [5, 5.41) is 1.02. The van der Waals surface area contributed by atoms with Gasteiger partial charge in [0.2, 0.25) is 10.0 Å². The Morgan fingerprint density at radius 3 is 2.68 bits per heavy atom. The maximum absolute atomic E-state index is 13.2. The van der Waals surface area contributed by atoms with Crippen molar-refractivity contribution in [1.82, 2.24) is 24.2 Å². The van der Waals surface area contributed by atoms with Gasteiger partial charge in [-0.1, -0.05) is 13.0 Å². The highest BCUT2D eigenvalue weighted by Crippen LogP contribution is 2.33. The van der Waals surface area contributed by atoms with Gasteiger partial charge in [-0.25, -0.2) is 22.7 Å². The smallest absolute Gasteiger partial charge is 0.214 e. The molecule has 4 heterocycles. The van der Waals surface area contributed by atoms with Gasteiger partial charge in [0.1, 0.15) is 17.8 Å². The molecule has 1 unspecified atom stereocenters. The maximum atomic E-state index is 13.2. The first kappa shape index (κ1) is 26.1. The fourth-order valence-corrected chi connectivity index (χ4v) is 7.64. The molecule has 200 valence electrons. The highest BCUT2D eigenvalue weighted by molar-refractivity contribution is 7.89. The molecular weight excluding hydrogens is 488 g/mol. The van der Waals surface area contributed by atoms with Gasteiger partial charge in [0, 0.05) is 38.6 Å². The summed E-state index contributed by atoms with van der Waals surface area (Å²) in [5.41, 5.74) is 2.97. The fraction of sp³-hybridized carbons (Fsp3) is 0.593. The first-order chi connectivity index (χ1) is 17.9. The van der Waals surface area contributed by atoms with Crippen LogP contribution in [0.15, 0.2) is 36.9 Å². The first-order valence-electron chi connectivity index (χ1n) is 13.4. The van der Waals surface area contributed by atoms with Crippen molar-refractivity contribution in [3.63, 3.8) is 0 Å². The lowest BCUT2D eigenvalue weighted by Gasteiger charge is -2.35. The van der Waals surface area contributed by atoms with Gasteiger partial charge in [0.05, 0.1) is 30.0 Å². The standard InChI is InChI=1S/C27H38N6O3S/c1-3-20-4-7-23(29-14-20)17-36-16-22-11-13-33(15-22)37(34,35)18-21-5-8-24(9-6-21)32(2)27-25-10-12-28-26(25)30-19-31-27/h4,7,10,12,14,19,21-22,24H,3,5-6,8-9,11,13,15-18H2,1-2H3,(H,28,30,31). The lowest BCUT2D eigenvalue weighted by atomic mass is 9.86. The highest BCUT2D eigenvalue weighted by atomic mass is 32.2. The average molecular weight is 527 g/mol. The Bertz CT molecular complexity index is 1270. The van der Waals surface area contributed by atoms with Gasteiger partial charge in [0.25, 0.3) is 0 Å². The minimum absolute atomic E-state index is 0.208. The molecule has 9 nitrogen and oxygen atoms in total. The van der Waals surface area contributed by atoms with Crippen molar-refractivity contribution in [1.29, 1.82) is 0 Å². The van der Waals surface area contributed by atoms with Crippen LogP contribution in [0.4, 0.5) is 5.82 Å². The van der Waals surface area contributed by atoms with Crippen LogP contribution in [-0.2, 0) is 27.8 Å². The molecule has 1 saturated heterocycles. The molecule has 10 heteroatoms. The molecule has 0 amide bonds. The van der Waals surface area contributed by atoms with E-state index >= 15 is 0 Å². The summed E-state index contributed by atoms with van der Waals surface area (Å²) in [5.74, 6) is 1.63. The molecule has 5 rings (SSSR count). The summed E-state index contributed by atoms with van der Waals surface area (Å²) < 4.78 is 34.0. The number of fused-ring (bicyclic) bond motifs is 1. The van der Waals surface area contributed by atoms with Gasteiger partial charge >= 0.3 is 0 Å². The highest BCUT2D eigenvalue weighted by Gasteiger charge is 2.35. The van der Waals surface area contributed by atoms with Crippen molar-refractivity contribution in [2.45, 2.75) is 58.1 Å². The number of rotatable bonds is 10. The molecule has 0 bridgehead atoms. The van der Waals surface area contributed by atoms with E-state index in [9.17, 15) is 8.42 Å². The topological polar surface area (TPSA) is 104 Å². The fourth-order valence-electron chi connectivity index (χ4n) is 5.68. The van der Waals surface area contributed by atoms with E-state index in [0.29, 0.717) is 32.3 Å². The van der Waals surface area contributed by atoms with Crippen molar-refractivity contribution in [2.75, 3.05) is 37.4 Å². The van der Waals surface area contributed by atoms with Crippen LogP contribution in [0, 0.1) is 11.8 Å². The number of aromatic nitrogens is 4. The lowest BCUT2D eigenvalue weighted by molar-refractivity contribution is 0.0888. The van der Waals surface area contributed by atoms with Crippen LogP contribution in [0.5, 0.6) is 0 Å². The van der Waals surface area contributed by atoms with Crippen LogP contribution in [0.3, 0.4) is 0 Å². The molecular formula is C27H38N6O3S. The second-order valence-electron chi connectivity index (χ2n) is 10.5. The summed E-state index contributed by atoms with van der Waals surface area (Å²) in [6, 6.07) is 6.45. The quantitative estimate of drug-likeness (QED) is 0.429. The number of sulfonamides is 1. The number of H-pyrrole nitrogens is 1. The Morgan fingerprint density at radius 2 is 1.92 bits per heavy atom. The van der Waals surface area contributed by atoms with Crippen molar-refractivity contribution < 1.29 is 13.2 Å². The number of aryl methyl sites for hydroxylation is 1. The number of nitrogens with one attached hydrogen (secondary N) is 1. The van der Waals surface area contributed by atoms with E-state index in [1.54, 1.807) is 10.6 Å². The van der Waals surface area contributed by atoms with E-state index in [-0.39, 0.29) is 17.6 Å². The van der Waals surface area contributed by atoms with E-state index in [4.69, 9.17) is 4.74 Å².